The lowest BCUT2D eigenvalue weighted by Gasteiger charge is -2.21. The van der Waals surface area contributed by atoms with Crippen molar-refractivity contribution in [2.45, 2.75) is 6.92 Å². The van der Waals surface area contributed by atoms with E-state index in [4.69, 9.17) is 4.98 Å². The fourth-order valence-electron chi connectivity index (χ4n) is 10.9. The first-order valence-corrected chi connectivity index (χ1v) is 25.2. The summed E-state index contributed by atoms with van der Waals surface area (Å²) in [6.07, 6.45) is 0. The summed E-state index contributed by atoms with van der Waals surface area (Å²) in [5.74, 6) is 0. The number of pyridine rings is 1. The first kappa shape index (κ1) is 45.7. The molecule has 0 N–H and O–H groups in total. The van der Waals surface area contributed by atoms with Gasteiger partial charge in [0.25, 0.3) is 0 Å². The van der Waals surface area contributed by atoms with Crippen LogP contribution in [-0.2, 0) is 0 Å². The van der Waals surface area contributed by atoms with Crippen LogP contribution in [0.5, 0.6) is 0 Å². The molecule has 0 saturated heterocycles. The average molecular weight is 980 g/mol. The Morgan fingerprint density at radius 2 is 0.636 bits per heavy atom. The summed E-state index contributed by atoms with van der Waals surface area (Å²) in [7, 11) is 0. The minimum absolute atomic E-state index is 0.451. The van der Waals surface area contributed by atoms with Crippen molar-refractivity contribution in [1.82, 2.24) is 14.1 Å². The lowest BCUT2D eigenvalue weighted by Crippen LogP contribution is -2.06. The third-order valence-corrected chi connectivity index (χ3v) is 14.7. The molecule has 0 saturated carbocycles. The first-order valence-electron chi connectivity index (χ1n) is 25.2. The molecule has 3 aromatic heterocycles. The van der Waals surface area contributed by atoms with Gasteiger partial charge in [-0.05, 0) is 136 Å². The number of benzene rings is 10. The molecule has 0 bridgehead atoms. The molecule has 0 fully saturated rings. The van der Waals surface area contributed by atoms with Crippen LogP contribution in [0, 0.1) is 52.2 Å². The van der Waals surface area contributed by atoms with E-state index in [1.165, 1.54) is 5.56 Å². The topological polar surface area (TPSA) is 118 Å². The number of rotatable bonds is 8. The second-order valence-electron chi connectivity index (χ2n) is 19.3. The van der Waals surface area contributed by atoms with Crippen LogP contribution in [0.4, 0.5) is 0 Å². The van der Waals surface area contributed by atoms with E-state index >= 15 is 0 Å². The Hall–Kier alpha value is -11.1. The predicted octanol–water partition coefficient (Wildman–Crippen LogP) is 17.1. The SMILES string of the molecule is Cc1ccc(-c2ccc3c4ccc(-c5ccc(C#N)cc5)cc4n(-c4cc(C#N)cc(-n5c6cc(-c7ccc(C#N)cc7)ccc6c6ccc(-c7ccc(C#N)cc7)cc65)c4-c4cccc(-c5ccccc5)n4)c3c2)cc1. The van der Waals surface area contributed by atoms with Gasteiger partial charge in [0, 0.05) is 32.7 Å². The molecule has 7 heteroatoms. The van der Waals surface area contributed by atoms with Crippen molar-refractivity contribution < 1.29 is 0 Å². The molecule has 356 valence electrons. The van der Waals surface area contributed by atoms with Gasteiger partial charge in [-0.3, -0.25) is 0 Å². The Labute approximate surface area is 444 Å². The molecule has 0 aliphatic heterocycles. The quantitative estimate of drug-likeness (QED) is 0.150. The Balaban J connectivity index is 1.19. The highest BCUT2D eigenvalue weighted by Gasteiger charge is 2.26. The van der Waals surface area contributed by atoms with E-state index in [-0.39, 0.29) is 0 Å². The van der Waals surface area contributed by atoms with Gasteiger partial charge in [0.15, 0.2) is 0 Å². The minimum Gasteiger partial charge on any atom is -0.308 e. The summed E-state index contributed by atoms with van der Waals surface area (Å²) < 4.78 is 4.60. The van der Waals surface area contributed by atoms with Gasteiger partial charge in [-0.15, -0.1) is 0 Å². The molecule has 7 nitrogen and oxygen atoms in total. The summed E-state index contributed by atoms with van der Waals surface area (Å²) in [5, 5.41) is 44.6. The van der Waals surface area contributed by atoms with E-state index in [0.717, 1.165) is 116 Å². The number of fused-ring (bicyclic) bond motifs is 6. The van der Waals surface area contributed by atoms with E-state index in [9.17, 15) is 21.0 Å². The van der Waals surface area contributed by atoms with Gasteiger partial charge in [0.05, 0.1) is 91.4 Å². The van der Waals surface area contributed by atoms with Gasteiger partial charge in [-0.2, -0.15) is 21.0 Å². The van der Waals surface area contributed by atoms with Crippen LogP contribution in [0.3, 0.4) is 0 Å². The van der Waals surface area contributed by atoms with Crippen molar-refractivity contribution in [3.05, 3.63) is 258 Å². The van der Waals surface area contributed by atoms with Crippen LogP contribution in [0.15, 0.2) is 231 Å². The summed E-state index contributed by atoms with van der Waals surface area (Å²) in [6.45, 7) is 2.09. The molecule has 0 amide bonds. The summed E-state index contributed by atoms with van der Waals surface area (Å²) in [5.41, 5.74) is 19.7. The predicted molar refractivity (Wildman–Crippen MR) is 309 cm³/mol. The molecule has 13 aromatic rings. The largest absolute Gasteiger partial charge is 0.308 e. The normalized spacial score (nSPS) is 11.1. The van der Waals surface area contributed by atoms with Crippen LogP contribution >= 0.6 is 0 Å². The van der Waals surface area contributed by atoms with Crippen LogP contribution in [0.1, 0.15) is 27.8 Å². The van der Waals surface area contributed by atoms with Crippen LogP contribution < -0.4 is 0 Å². The number of aryl methyl sites for hydroxylation is 1. The van der Waals surface area contributed by atoms with Gasteiger partial charge < -0.3 is 9.13 Å². The smallest absolute Gasteiger partial charge is 0.0993 e. The maximum Gasteiger partial charge on any atom is 0.0993 e. The minimum atomic E-state index is 0.451. The van der Waals surface area contributed by atoms with Crippen LogP contribution in [-0.4, -0.2) is 14.1 Å². The summed E-state index contributed by atoms with van der Waals surface area (Å²) >= 11 is 0. The second kappa shape index (κ2) is 18.8. The summed E-state index contributed by atoms with van der Waals surface area (Å²) in [4.78, 5) is 5.56. The molecule has 13 rings (SSSR count). The zero-order valence-corrected chi connectivity index (χ0v) is 41.6. The van der Waals surface area contributed by atoms with Gasteiger partial charge in [0.1, 0.15) is 0 Å². The average Bonchev–Trinajstić information content (AvgIpc) is 4.18. The number of nitrogens with zero attached hydrogens (tertiary/aromatic N) is 7. The Morgan fingerprint density at radius 3 is 1.00 bits per heavy atom. The van der Waals surface area contributed by atoms with E-state index in [0.29, 0.717) is 27.9 Å². The fraction of sp³-hybridized carbons (Fsp3) is 0.0143. The second-order valence-corrected chi connectivity index (χ2v) is 19.3. The molecule has 10 aromatic carbocycles. The lowest BCUT2D eigenvalue weighted by molar-refractivity contribution is 1.12. The maximum absolute atomic E-state index is 11.4. The fourth-order valence-corrected chi connectivity index (χ4v) is 10.9. The highest BCUT2D eigenvalue weighted by molar-refractivity contribution is 6.14. The number of hydrogen-bond acceptors (Lipinski definition) is 5. The Kier molecular flexibility index (Phi) is 11.1. The van der Waals surface area contributed by atoms with Crippen molar-refractivity contribution in [2.24, 2.45) is 0 Å². The Bertz CT molecular complexity index is 4570. The standard InChI is InChI=1S/C70H41N7/c1-44-10-18-49(19-11-44)54-26-30-58-59-31-27-55(50-20-12-45(40-71)13-21-50)37-65(59)76(64(58)36-54)68-34-48(43-74)35-69(70(68)63-9-5-8-62(75-63)53-6-3-2-4-7-53)77-66-38-56(51-22-14-46(41-72)15-23-51)28-32-60(66)61-33-29-57(39-67(61)77)52-24-16-47(42-73)17-25-52/h2-39H,1H3. The number of aromatic nitrogens is 3. The molecule has 0 atom stereocenters. The number of hydrogen-bond donors (Lipinski definition) is 0. The van der Waals surface area contributed by atoms with Crippen molar-refractivity contribution in [2.75, 3.05) is 0 Å². The zero-order valence-electron chi connectivity index (χ0n) is 41.6. The van der Waals surface area contributed by atoms with Crippen LogP contribution in [0.2, 0.25) is 0 Å². The van der Waals surface area contributed by atoms with Crippen molar-refractivity contribution >= 4 is 43.6 Å². The zero-order chi connectivity index (χ0) is 52.1. The van der Waals surface area contributed by atoms with E-state index in [1.807, 2.05) is 109 Å². The van der Waals surface area contributed by atoms with Gasteiger partial charge in [-0.25, -0.2) is 4.98 Å². The Morgan fingerprint density at radius 1 is 0.299 bits per heavy atom. The third-order valence-electron chi connectivity index (χ3n) is 14.7. The van der Waals surface area contributed by atoms with Gasteiger partial charge >= 0.3 is 0 Å². The molecule has 0 unspecified atom stereocenters. The molecular weight excluding hydrogens is 939 g/mol. The van der Waals surface area contributed by atoms with E-state index < -0.39 is 0 Å². The first-order chi connectivity index (χ1) is 37.9. The number of nitriles is 4. The molecule has 0 radical (unpaired) electrons. The molecule has 77 heavy (non-hydrogen) atoms. The highest BCUT2D eigenvalue weighted by atomic mass is 15.0. The van der Waals surface area contributed by atoms with E-state index in [1.54, 1.807) is 0 Å². The summed E-state index contributed by atoms with van der Waals surface area (Å²) in [6, 6.07) is 87.4. The third kappa shape index (κ3) is 8.03. The van der Waals surface area contributed by atoms with Crippen molar-refractivity contribution in [1.29, 1.82) is 21.0 Å². The van der Waals surface area contributed by atoms with E-state index in [2.05, 4.69) is 162 Å². The van der Waals surface area contributed by atoms with Crippen LogP contribution in [0.25, 0.3) is 122 Å². The molecular formula is C70H41N7. The maximum atomic E-state index is 11.4. The van der Waals surface area contributed by atoms with Crippen molar-refractivity contribution in [3.8, 4) is 103 Å². The van der Waals surface area contributed by atoms with Crippen molar-refractivity contribution in [3.63, 3.8) is 0 Å². The molecule has 0 spiro atoms. The van der Waals surface area contributed by atoms with Gasteiger partial charge in [-0.1, -0.05) is 151 Å². The molecule has 0 aliphatic rings. The monoisotopic (exact) mass is 979 g/mol. The lowest BCUT2D eigenvalue weighted by atomic mass is 10.00. The molecule has 0 aliphatic carbocycles. The molecule has 3 heterocycles. The highest BCUT2D eigenvalue weighted by Crippen LogP contribution is 2.45. The van der Waals surface area contributed by atoms with Gasteiger partial charge in [0.2, 0.25) is 0 Å².